The number of nitrogens with zero attached hydrogens (tertiary/aromatic N) is 4. The third-order valence-electron chi connectivity index (χ3n) is 3.66. The van der Waals surface area contributed by atoms with Gasteiger partial charge in [0.1, 0.15) is 0 Å². The maximum absolute atomic E-state index is 6.39. The average Bonchev–Trinajstić information content (AvgIpc) is 2.96. The molecule has 22 heavy (non-hydrogen) atoms. The predicted octanol–water partition coefficient (Wildman–Crippen LogP) is 1.91. The van der Waals surface area contributed by atoms with Crippen molar-refractivity contribution in [1.82, 2.24) is 19.6 Å². The van der Waals surface area contributed by atoms with Gasteiger partial charge < -0.3 is 11.5 Å². The molecule has 0 saturated heterocycles. The van der Waals surface area contributed by atoms with Gasteiger partial charge in [0.25, 0.3) is 0 Å². The van der Waals surface area contributed by atoms with Crippen molar-refractivity contribution in [3.05, 3.63) is 66.0 Å². The lowest BCUT2D eigenvalue weighted by molar-refractivity contribution is 0.728. The van der Waals surface area contributed by atoms with E-state index in [1.807, 2.05) is 54.6 Å². The Bertz CT molecular complexity index is 960. The highest BCUT2D eigenvalue weighted by molar-refractivity contribution is 5.91. The van der Waals surface area contributed by atoms with Crippen molar-refractivity contribution in [2.24, 2.45) is 5.73 Å². The summed E-state index contributed by atoms with van der Waals surface area (Å²) < 4.78 is 1.63. The lowest BCUT2D eigenvalue weighted by Gasteiger charge is -2.13. The lowest BCUT2D eigenvalue weighted by Crippen LogP contribution is -2.18. The van der Waals surface area contributed by atoms with E-state index in [1.165, 1.54) is 0 Å². The number of benzene rings is 2. The van der Waals surface area contributed by atoms with Crippen molar-refractivity contribution < 1.29 is 0 Å². The normalized spacial score (nSPS) is 12.8. The highest BCUT2D eigenvalue weighted by Crippen LogP contribution is 2.24. The van der Waals surface area contributed by atoms with E-state index in [9.17, 15) is 0 Å². The third kappa shape index (κ3) is 1.89. The standard InChI is InChI=1S/C16H14N6/c17-13(10-6-2-1-3-7-10)15-19-12-9-5-4-8-11(12)14-20-16(18)21-22(14)15/h1-9,13H,17H2,(H2,18,21)/t13-/m0/s1. The second-order valence-electron chi connectivity index (χ2n) is 5.08. The van der Waals surface area contributed by atoms with Crippen LogP contribution in [0.4, 0.5) is 5.95 Å². The molecule has 6 heteroatoms. The van der Waals surface area contributed by atoms with Crippen LogP contribution in [0.25, 0.3) is 16.6 Å². The maximum Gasteiger partial charge on any atom is 0.240 e. The number of hydrogen-bond donors (Lipinski definition) is 2. The summed E-state index contributed by atoms with van der Waals surface area (Å²) in [6.45, 7) is 0. The van der Waals surface area contributed by atoms with Crippen LogP contribution in [0.5, 0.6) is 0 Å². The first-order chi connectivity index (χ1) is 10.7. The number of aromatic nitrogens is 4. The molecule has 0 amide bonds. The van der Waals surface area contributed by atoms with Gasteiger partial charge in [0.05, 0.1) is 11.6 Å². The molecule has 6 nitrogen and oxygen atoms in total. The van der Waals surface area contributed by atoms with Gasteiger partial charge in [-0.25, -0.2) is 4.98 Å². The highest BCUT2D eigenvalue weighted by atomic mass is 15.4. The number of fused-ring (bicyclic) bond motifs is 3. The molecule has 0 radical (unpaired) electrons. The van der Waals surface area contributed by atoms with E-state index in [-0.39, 0.29) is 5.95 Å². The molecule has 0 bridgehead atoms. The Kier molecular flexibility index (Phi) is 2.77. The fourth-order valence-electron chi connectivity index (χ4n) is 2.60. The van der Waals surface area contributed by atoms with Crippen molar-refractivity contribution >= 4 is 22.5 Å². The molecule has 2 aromatic carbocycles. The zero-order valence-corrected chi connectivity index (χ0v) is 11.7. The van der Waals surface area contributed by atoms with E-state index in [0.717, 1.165) is 16.5 Å². The maximum atomic E-state index is 6.39. The molecule has 0 aliphatic heterocycles. The molecule has 1 atom stereocenters. The second-order valence-corrected chi connectivity index (χ2v) is 5.08. The second kappa shape index (κ2) is 4.78. The molecule has 0 aliphatic carbocycles. The quantitative estimate of drug-likeness (QED) is 0.588. The Labute approximate surface area is 126 Å². The Morgan fingerprint density at radius 2 is 1.64 bits per heavy atom. The van der Waals surface area contributed by atoms with Gasteiger partial charge in [-0.3, -0.25) is 0 Å². The summed E-state index contributed by atoms with van der Waals surface area (Å²) in [5, 5.41) is 5.15. The molecule has 4 aromatic rings. The van der Waals surface area contributed by atoms with Crippen LogP contribution >= 0.6 is 0 Å². The van der Waals surface area contributed by atoms with Gasteiger partial charge in [0.2, 0.25) is 5.95 Å². The van der Waals surface area contributed by atoms with Crippen LogP contribution in [0.15, 0.2) is 54.6 Å². The van der Waals surface area contributed by atoms with Gasteiger partial charge in [-0.1, -0.05) is 42.5 Å². The Morgan fingerprint density at radius 1 is 0.909 bits per heavy atom. The molecule has 2 heterocycles. The molecule has 0 spiro atoms. The number of nitrogens with two attached hydrogens (primary N) is 2. The van der Waals surface area contributed by atoms with Gasteiger partial charge in [-0.05, 0) is 17.7 Å². The topological polar surface area (TPSA) is 95.1 Å². The molecular formula is C16H14N6. The van der Waals surface area contributed by atoms with E-state index >= 15 is 0 Å². The van der Waals surface area contributed by atoms with Crippen LogP contribution in [0.2, 0.25) is 0 Å². The van der Waals surface area contributed by atoms with Crippen molar-refractivity contribution in [2.45, 2.75) is 6.04 Å². The number of rotatable bonds is 2. The molecule has 0 unspecified atom stereocenters. The van der Waals surface area contributed by atoms with Crippen molar-refractivity contribution in [2.75, 3.05) is 5.73 Å². The first-order valence-electron chi connectivity index (χ1n) is 6.95. The molecule has 108 valence electrons. The largest absolute Gasteiger partial charge is 0.366 e. The zero-order chi connectivity index (χ0) is 15.1. The van der Waals surface area contributed by atoms with E-state index in [0.29, 0.717) is 11.5 Å². The Hall–Kier alpha value is -2.99. The fraction of sp³-hybridized carbons (Fsp3) is 0.0625. The molecular weight excluding hydrogens is 276 g/mol. The Morgan fingerprint density at radius 3 is 2.45 bits per heavy atom. The number of nitrogen functional groups attached to an aromatic ring is 1. The third-order valence-corrected chi connectivity index (χ3v) is 3.66. The number of para-hydroxylation sites is 1. The van der Waals surface area contributed by atoms with Crippen molar-refractivity contribution in [1.29, 1.82) is 0 Å². The molecule has 0 fully saturated rings. The minimum Gasteiger partial charge on any atom is -0.366 e. The number of hydrogen-bond acceptors (Lipinski definition) is 5. The van der Waals surface area contributed by atoms with Crippen LogP contribution in [-0.4, -0.2) is 19.6 Å². The monoisotopic (exact) mass is 290 g/mol. The number of anilines is 1. The summed E-state index contributed by atoms with van der Waals surface area (Å²) >= 11 is 0. The fourth-order valence-corrected chi connectivity index (χ4v) is 2.60. The summed E-state index contributed by atoms with van der Waals surface area (Å²) in [6, 6.07) is 17.1. The van der Waals surface area contributed by atoms with Gasteiger partial charge >= 0.3 is 0 Å². The van der Waals surface area contributed by atoms with E-state index in [4.69, 9.17) is 11.5 Å². The van der Waals surface area contributed by atoms with Gasteiger partial charge in [-0.2, -0.15) is 9.50 Å². The van der Waals surface area contributed by atoms with E-state index in [2.05, 4.69) is 15.1 Å². The molecule has 4 rings (SSSR count). The average molecular weight is 290 g/mol. The summed E-state index contributed by atoms with van der Waals surface area (Å²) in [7, 11) is 0. The van der Waals surface area contributed by atoms with Crippen molar-refractivity contribution in [3.63, 3.8) is 0 Å². The minimum atomic E-state index is -0.408. The molecule has 0 saturated carbocycles. The first-order valence-corrected chi connectivity index (χ1v) is 6.95. The van der Waals surface area contributed by atoms with Gasteiger partial charge in [-0.15, -0.1) is 5.10 Å². The molecule has 0 aliphatic rings. The van der Waals surface area contributed by atoms with E-state index in [1.54, 1.807) is 4.52 Å². The minimum absolute atomic E-state index is 0.208. The Balaban J connectivity index is 2.03. The van der Waals surface area contributed by atoms with Gasteiger partial charge in [0.15, 0.2) is 11.5 Å². The summed E-state index contributed by atoms with van der Waals surface area (Å²) in [6.07, 6.45) is 0. The lowest BCUT2D eigenvalue weighted by atomic mass is 10.1. The highest BCUT2D eigenvalue weighted by Gasteiger charge is 2.18. The van der Waals surface area contributed by atoms with E-state index < -0.39 is 6.04 Å². The molecule has 4 N–H and O–H groups in total. The van der Waals surface area contributed by atoms with Crippen LogP contribution in [0, 0.1) is 0 Å². The van der Waals surface area contributed by atoms with Crippen LogP contribution < -0.4 is 11.5 Å². The van der Waals surface area contributed by atoms with Crippen molar-refractivity contribution in [3.8, 4) is 0 Å². The van der Waals surface area contributed by atoms with Crippen LogP contribution in [0.3, 0.4) is 0 Å². The predicted molar refractivity (Wildman–Crippen MR) is 85.2 cm³/mol. The summed E-state index contributed by atoms with van der Waals surface area (Å²) in [5.74, 6) is 0.823. The summed E-state index contributed by atoms with van der Waals surface area (Å²) in [5.41, 5.74) is 14.6. The smallest absolute Gasteiger partial charge is 0.240 e. The SMILES string of the molecule is Nc1nc2c3ccccc3nc([C@@H](N)c3ccccc3)n2n1. The van der Waals surface area contributed by atoms with Crippen LogP contribution in [0.1, 0.15) is 17.4 Å². The summed E-state index contributed by atoms with van der Waals surface area (Å²) in [4.78, 5) is 8.99. The molecule has 2 aromatic heterocycles. The van der Waals surface area contributed by atoms with Crippen LogP contribution in [-0.2, 0) is 0 Å². The first kappa shape index (κ1) is 12.7. The zero-order valence-electron chi connectivity index (χ0n) is 11.7. The van der Waals surface area contributed by atoms with Gasteiger partial charge in [0, 0.05) is 5.39 Å².